The van der Waals surface area contributed by atoms with Gasteiger partial charge in [-0.15, -0.1) is 45.3 Å². The van der Waals surface area contributed by atoms with Gasteiger partial charge in [-0.3, -0.25) is 4.79 Å². The third-order valence-electron chi connectivity index (χ3n) is 16.9. The zero-order valence-corrected chi connectivity index (χ0v) is 55.1. The number of benzene rings is 1. The first-order chi connectivity index (χ1) is 38.6. The maximum atomic E-state index is 14.6. The van der Waals surface area contributed by atoms with Gasteiger partial charge in [-0.05, 0) is 160 Å². The van der Waals surface area contributed by atoms with Crippen molar-refractivity contribution < 1.29 is 22.5 Å². The highest BCUT2D eigenvalue weighted by Gasteiger charge is 2.43. The summed E-state index contributed by atoms with van der Waals surface area (Å²) in [5.41, 5.74) is 10.3. The van der Waals surface area contributed by atoms with Gasteiger partial charge in [-0.2, -0.15) is 0 Å². The van der Waals surface area contributed by atoms with Crippen LogP contribution in [-0.2, 0) is 49.8 Å². The Bertz CT molecular complexity index is 3030. The van der Waals surface area contributed by atoms with E-state index in [9.17, 15) is 9.59 Å². The van der Waals surface area contributed by atoms with E-state index in [0.29, 0.717) is 25.4 Å². The molecule has 13 heteroatoms. The minimum Gasteiger partial charge on any atom is -0.422 e. The fraction of sp³-hybridized carbons (Fsp3) is 0.612. The van der Waals surface area contributed by atoms with Crippen molar-refractivity contribution in [2.75, 3.05) is 44.0 Å². The number of amides is 1. The van der Waals surface area contributed by atoms with E-state index in [1.54, 1.807) is 22.7 Å². The zero-order chi connectivity index (χ0) is 57.0. The Labute approximate surface area is 498 Å². The van der Waals surface area contributed by atoms with Crippen molar-refractivity contribution >= 4 is 76.7 Å². The molecule has 0 unspecified atom stereocenters. The lowest BCUT2D eigenvalue weighted by Crippen LogP contribution is -2.55. The third kappa shape index (κ3) is 14.6. The summed E-state index contributed by atoms with van der Waals surface area (Å²) in [6.45, 7) is 27.9. The Morgan fingerprint density at radius 2 is 1.00 bits per heavy atom. The van der Waals surface area contributed by atoms with E-state index in [2.05, 4.69) is 102 Å². The van der Waals surface area contributed by atoms with Crippen LogP contribution in [0.2, 0.25) is 0 Å². The lowest BCUT2D eigenvalue weighted by atomic mass is 9.69. The Kier molecular flexibility index (Phi) is 22.6. The average Bonchev–Trinajstić information content (AvgIpc) is 4.34. The number of anilines is 1. The molecular weight excluding hydrogens is 1090 g/mol. The molecule has 2 aliphatic rings. The van der Waals surface area contributed by atoms with E-state index in [-0.39, 0.29) is 28.5 Å². The van der Waals surface area contributed by atoms with Crippen LogP contribution < -0.4 is 15.8 Å². The molecule has 6 aromatic rings. The van der Waals surface area contributed by atoms with Crippen molar-refractivity contribution in [2.45, 2.75) is 228 Å². The van der Waals surface area contributed by atoms with Crippen LogP contribution in [0.3, 0.4) is 0 Å². The summed E-state index contributed by atoms with van der Waals surface area (Å²) < 4.78 is 25.1. The number of carbonyl (C=O) groups excluding carboxylic acids is 1. The van der Waals surface area contributed by atoms with Gasteiger partial charge in [0.15, 0.2) is 0 Å². The third-order valence-corrected chi connectivity index (χ3v) is 24.9. The Hall–Kier alpha value is -3.40. The lowest BCUT2D eigenvalue weighted by Gasteiger charge is -2.48. The molecule has 80 heavy (non-hydrogen) atoms. The number of hydrogen-bond acceptors (Lipinski definition) is 11. The van der Waals surface area contributed by atoms with Gasteiger partial charge in [0, 0.05) is 83.7 Å². The van der Waals surface area contributed by atoms with Gasteiger partial charge in [-0.25, -0.2) is 4.79 Å². The number of unbranched alkanes of at least 4 members (excludes halogenated alkanes) is 12. The van der Waals surface area contributed by atoms with E-state index in [0.717, 1.165) is 110 Å². The van der Waals surface area contributed by atoms with Gasteiger partial charge in [0.05, 0.1) is 16.6 Å². The normalized spacial score (nSPS) is 14.9. The van der Waals surface area contributed by atoms with Crippen molar-refractivity contribution in [1.29, 1.82) is 0 Å². The summed E-state index contributed by atoms with van der Waals surface area (Å²) in [6, 6.07) is 14.3. The molecule has 1 aromatic carbocycles. The number of fused-ring (bicyclic) bond motifs is 2. The molecule has 7 heterocycles. The molecule has 2 aliphatic heterocycles. The van der Waals surface area contributed by atoms with Crippen LogP contribution in [0.5, 0.6) is 0 Å². The standard InChI is InChI=1S/C67H96N2O6S4Si/c1-12-19-23-27-31-46-41-53(51-39-50-40-52-58-57(59(50)75-65(51)71)67(10,11)36-38-69(58)37-35-66(52,8)9)76-60(46)54-42-47(32-28-24-20-13-2)61(77-54)55-43-48(33-29-25-21-14-3)62(78-55)56-44-49(34-30-26-22-15-4)63(79-56)64(70)68-45-80(72-16-5,73-17-6)74-18-7/h39-44H,12-38,45H2,1-11H3,(H,68,70). The molecule has 1 amide bonds. The number of hydrogen-bond donors (Lipinski definition) is 1. The lowest BCUT2D eigenvalue weighted by molar-refractivity contribution is 0.0672. The van der Waals surface area contributed by atoms with Gasteiger partial charge in [0.2, 0.25) is 0 Å². The second-order valence-electron chi connectivity index (χ2n) is 24.0. The molecule has 0 saturated heterocycles. The predicted molar refractivity (Wildman–Crippen MR) is 348 cm³/mol. The second kappa shape index (κ2) is 28.9. The van der Waals surface area contributed by atoms with Crippen molar-refractivity contribution in [3.8, 4) is 39.7 Å². The molecular formula is C67H96N2O6S4Si. The van der Waals surface area contributed by atoms with Gasteiger partial charge in [-0.1, -0.05) is 132 Å². The number of nitrogens with one attached hydrogen (secondary N) is 1. The first kappa shape index (κ1) is 62.6. The fourth-order valence-corrected chi connectivity index (χ4v) is 19.7. The Morgan fingerprint density at radius 1 is 0.562 bits per heavy atom. The molecule has 1 N–H and O–H groups in total. The number of nitrogens with zero attached hydrogens (tertiary/aromatic N) is 1. The molecule has 438 valence electrons. The molecule has 0 spiro atoms. The van der Waals surface area contributed by atoms with Crippen molar-refractivity contribution in [3.05, 3.63) is 85.1 Å². The summed E-state index contributed by atoms with van der Waals surface area (Å²) in [5, 5.41) is 4.30. The quantitative estimate of drug-likeness (QED) is 0.0249. The first-order valence-electron chi connectivity index (χ1n) is 31.3. The second-order valence-corrected chi connectivity index (χ2v) is 30.8. The summed E-state index contributed by atoms with van der Waals surface area (Å²) in [7, 11) is -3.11. The predicted octanol–water partition coefficient (Wildman–Crippen LogP) is 19.7. The average molecular weight is 1180 g/mol. The molecule has 0 fully saturated rings. The molecule has 0 radical (unpaired) electrons. The molecule has 0 atom stereocenters. The van der Waals surface area contributed by atoms with E-state index in [1.165, 1.54) is 133 Å². The van der Waals surface area contributed by atoms with Crippen molar-refractivity contribution in [3.63, 3.8) is 0 Å². The number of thiophene rings is 4. The number of rotatable bonds is 33. The first-order valence-corrected chi connectivity index (χ1v) is 36.5. The Morgan fingerprint density at radius 3 is 1.49 bits per heavy atom. The minimum absolute atomic E-state index is 0.0259. The van der Waals surface area contributed by atoms with E-state index in [1.807, 2.05) is 43.4 Å². The maximum Gasteiger partial charge on any atom is 0.521 e. The topological polar surface area (TPSA) is 90.2 Å². The van der Waals surface area contributed by atoms with Crippen LogP contribution in [-0.4, -0.2) is 53.8 Å². The molecule has 0 bridgehead atoms. The van der Waals surface area contributed by atoms with Crippen LogP contribution in [0.4, 0.5) is 5.69 Å². The summed E-state index contributed by atoms with van der Waals surface area (Å²) in [5.74, 6) is -0.0727. The van der Waals surface area contributed by atoms with Gasteiger partial charge < -0.3 is 27.9 Å². The van der Waals surface area contributed by atoms with Gasteiger partial charge in [0.25, 0.3) is 5.91 Å². The van der Waals surface area contributed by atoms with Crippen LogP contribution in [0.1, 0.15) is 235 Å². The number of carbonyl (C=O) groups is 1. The SMILES string of the molecule is CCCCCCc1cc(-c2sc(-c3sc(-c4sc(-c5cc6cc7c8c(c6oc5=O)C(C)(C)CCN8CCC7(C)C)cc4CCCCCC)cc3CCCCCC)cc2CCCCCC)sc1C(=O)NC[Si](OCC)(OCC)OCC. The summed E-state index contributed by atoms with van der Waals surface area (Å²) in [6.07, 6.45) is 25.1. The highest BCUT2D eigenvalue weighted by molar-refractivity contribution is 7.29. The van der Waals surface area contributed by atoms with Crippen LogP contribution in [0, 0.1) is 0 Å². The fourth-order valence-electron chi connectivity index (χ4n) is 12.2. The van der Waals surface area contributed by atoms with Gasteiger partial charge in [0.1, 0.15) is 5.58 Å². The van der Waals surface area contributed by atoms with Crippen molar-refractivity contribution in [2.24, 2.45) is 0 Å². The summed E-state index contributed by atoms with van der Waals surface area (Å²) in [4.78, 5) is 41.3. The highest BCUT2D eigenvalue weighted by atomic mass is 32.1. The van der Waals surface area contributed by atoms with Gasteiger partial charge >= 0.3 is 14.4 Å². The zero-order valence-electron chi connectivity index (χ0n) is 50.8. The maximum absolute atomic E-state index is 14.6. The molecule has 0 saturated carbocycles. The van der Waals surface area contributed by atoms with E-state index < -0.39 is 8.80 Å². The minimum atomic E-state index is -3.11. The molecule has 5 aromatic heterocycles. The van der Waals surface area contributed by atoms with Crippen molar-refractivity contribution in [1.82, 2.24) is 5.32 Å². The van der Waals surface area contributed by atoms with E-state index in [4.69, 9.17) is 17.7 Å². The monoisotopic (exact) mass is 1180 g/mol. The molecule has 8 rings (SSSR count). The Balaban J connectivity index is 1.23. The highest BCUT2D eigenvalue weighted by Crippen LogP contribution is 2.53. The molecule has 0 aliphatic carbocycles. The number of aryl methyl sites for hydroxylation is 4. The van der Waals surface area contributed by atoms with Crippen LogP contribution in [0.15, 0.2) is 45.6 Å². The smallest absolute Gasteiger partial charge is 0.422 e. The van der Waals surface area contributed by atoms with E-state index >= 15 is 0 Å². The summed E-state index contributed by atoms with van der Waals surface area (Å²) >= 11 is 7.32. The van der Waals surface area contributed by atoms with Crippen LogP contribution in [0.25, 0.3) is 50.7 Å². The molecule has 8 nitrogen and oxygen atoms in total. The van der Waals surface area contributed by atoms with Crippen LogP contribution >= 0.6 is 45.3 Å². The largest absolute Gasteiger partial charge is 0.521 e.